The summed E-state index contributed by atoms with van der Waals surface area (Å²) in [6, 6.07) is 18.3. The Morgan fingerprint density at radius 3 is 2.38 bits per heavy atom. The number of hydrogen-bond acceptors (Lipinski definition) is 5. The zero-order chi connectivity index (χ0) is 24.0. The van der Waals surface area contributed by atoms with Crippen LogP contribution in [0.3, 0.4) is 0 Å². The summed E-state index contributed by atoms with van der Waals surface area (Å²) in [6.07, 6.45) is 1.57. The summed E-state index contributed by atoms with van der Waals surface area (Å²) in [5.74, 6) is -0.577. The van der Waals surface area contributed by atoms with Gasteiger partial charge in [0.2, 0.25) is 9.84 Å². The highest BCUT2D eigenvalue weighted by Crippen LogP contribution is 2.22. The number of sulfone groups is 1. The van der Waals surface area contributed by atoms with Crippen molar-refractivity contribution >= 4 is 26.5 Å². The molecule has 5 rings (SSSR count). The quantitative estimate of drug-likeness (QED) is 0.319. The van der Waals surface area contributed by atoms with Gasteiger partial charge in [0.25, 0.3) is 5.56 Å². The summed E-state index contributed by atoms with van der Waals surface area (Å²) < 4.78 is 43.1. The van der Waals surface area contributed by atoms with Gasteiger partial charge >= 0.3 is 0 Å². The van der Waals surface area contributed by atoms with E-state index in [0.717, 1.165) is 35.4 Å². The van der Waals surface area contributed by atoms with Crippen LogP contribution in [0.25, 0.3) is 16.7 Å². The van der Waals surface area contributed by atoms with Crippen LogP contribution in [0.4, 0.5) is 4.39 Å². The summed E-state index contributed by atoms with van der Waals surface area (Å²) in [5.41, 5.74) is 1.46. The van der Waals surface area contributed by atoms with E-state index < -0.39 is 21.2 Å². The molecule has 0 unspecified atom stereocenters. The number of hydrogen-bond donors (Lipinski definition) is 1. The molecule has 3 aromatic heterocycles. The molecule has 0 saturated carbocycles. The standard InChI is InChI=1S/C25H19FN4O3S/c1-16-6-5-13-29-23(16)28-24-20(25(29)31)14-21(34(32,33)19-11-9-18(26)10-12-19)22(27)30(24)15-17-7-3-2-4-8-17/h2-14,27H,15H2,1H3. The Balaban J connectivity index is 1.89. The van der Waals surface area contributed by atoms with Gasteiger partial charge in [0.1, 0.15) is 27.5 Å². The molecule has 0 spiro atoms. The van der Waals surface area contributed by atoms with Crippen LogP contribution < -0.4 is 11.0 Å². The van der Waals surface area contributed by atoms with Crippen molar-refractivity contribution in [2.45, 2.75) is 23.3 Å². The summed E-state index contributed by atoms with van der Waals surface area (Å²) in [7, 11) is -4.22. The molecule has 34 heavy (non-hydrogen) atoms. The van der Waals surface area contributed by atoms with Crippen molar-refractivity contribution < 1.29 is 12.8 Å². The maximum absolute atomic E-state index is 13.5. The van der Waals surface area contributed by atoms with Crippen molar-refractivity contribution in [3.8, 4) is 0 Å². The van der Waals surface area contributed by atoms with Crippen molar-refractivity contribution in [2.75, 3.05) is 0 Å². The summed E-state index contributed by atoms with van der Waals surface area (Å²) in [5, 5.41) is 8.88. The van der Waals surface area contributed by atoms with E-state index in [9.17, 15) is 17.6 Å². The second-order valence-electron chi connectivity index (χ2n) is 7.93. The molecule has 170 valence electrons. The molecule has 0 aliphatic rings. The SMILES string of the molecule is Cc1cccn2c(=O)c3cc(S(=O)(=O)c4ccc(F)cc4)c(=N)n(Cc4ccccc4)c3nc12. The number of halogens is 1. The smallest absolute Gasteiger partial charge is 0.267 e. The lowest BCUT2D eigenvalue weighted by Crippen LogP contribution is -2.30. The Bertz CT molecular complexity index is 1790. The number of pyridine rings is 2. The third-order valence-corrected chi connectivity index (χ3v) is 7.48. The van der Waals surface area contributed by atoms with Gasteiger partial charge in [-0.15, -0.1) is 0 Å². The third-order valence-electron chi connectivity index (χ3n) is 5.70. The van der Waals surface area contributed by atoms with Gasteiger partial charge in [0.05, 0.1) is 16.8 Å². The van der Waals surface area contributed by atoms with Gasteiger partial charge in [0.15, 0.2) is 0 Å². The average molecular weight is 475 g/mol. The van der Waals surface area contributed by atoms with Crippen LogP contribution in [-0.2, 0) is 16.4 Å². The number of aryl methyl sites for hydroxylation is 1. The number of benzene rings is 2. The highest BCUT2D eigenvalue weighted by Gasteiger charge is 2.24. The maximum atomic E-state index is 13.5. The van der Waals surface area contributed by atoms with E-state index in [4.69, 9.17) is 5.41 Å². The number of aromatic nitrogens is 3. The molecule has 3 heterocycles. The second kappa shape index (κ2) is 8.03. The minimum atomic E-state index is -4.22. The molecule has 9 heteroatoms. The van der Waals surface area contributed by atoms with E-state index in [2.05, 4.69) is 4.98 Å². The Morgan fingerprint density at radius 2 is 1.68 bits per heavy atom. The highest BCUT2D eigenvalue weighted by molar-refractivity contribution is 7.91. The average Bonchev–Trinajstić information content (AvgIpc) is 2.82. The zero-order valence-corrected chi connectivity index (χ0v) is 18.9. The van der Waals surface area contributed by atoms with E-state index in [1.54, 1.807) is 12.3 Å². The summed E-state index contributed by atoms with van der Waals surface area (Å²) in [6.45, 7) is 1.96. The van der Waals surface area contributed by atoms with E-state index in [-0.39, 0.29) is 32.9 Å². The first-order valence-corrected chi connectivity index (χ1v) is 11.9. The molecule has 0 atom stereocenters. The van der Waals surface area contributed by atoms with E-state index in [0.29, 0.717) is 5.65 Å². The minimum Gasteiger partial charge on any atom is -0.305 e. The molecule has 0 fully saturated rings. The van der Waals surface area contributed by atoms with Crippen LogP contribution in [0.1, 0.15) is 11.1 Å². The first kappa shape index (κ1) is 21.7. The van der Waals surface area contributed by atoms with Crippen LogP contribution in [0, 0.1) is 18.2 Å². The first-order valence-electron chi connectivity index (χ1n) is 10.4. The Labute approximate surface area is 193 Å². The van der Waals surface area contributed by atoms with Crippen LogP contribution >= 0.6 is 0 Å². The molecule has 0 aliphatic carbocycles. The van der Waals surface area contributed by atoms with E-state index in [1.165, 1.54) is 15.0 Å². The topological polar surface area (TPSA) is 97.3 Å². The van der Waals surface area contributed by atoms with Crippen molar-refractivity contribution in [2.24, 2.45) is 0 Å². The Hall–Kier alpha value is -4.11. The predicted molar refractivity (Wildman–Crippen MR) is 125 cm³/mol. The second-order valence-corrected chi connectivity index (χ2v) is 9.84. The molecule has 7 nitrogen and oxygen atoms in total. The third kappa shape index (κ3) is 3.50. The van der Waals surface area contributed by atoms with Crippen molar-refractivity contribution in [1.29, 1.82) is 5.41 Å². The maximum Gasteiger partial charge on any atom is 0.267 e. The molecule has 5 aromatic rings. The van der Waals surface area contributed by atoms with Crippen LogP contribution in [0.2, 0.25) is 0 Å². The van der Waals surface area contributed by atoms with Crippen molar-refractivity contribution in [3.05, 3.63) is 112 Å². The molecular weight excluding hydrogens is 455 g/mol. The summed E-state index contributed by atoms with van der Waals surface area (Å²) in [4.78, 5) is 17.6. The Morgan fingerprint density at radius 1 is 0.971 bits per heavy atom. The van der Waals surface area contributed by atoms with Crippen molar-refractivity contribution in [3.63, 3.8) is 0 Å². The number of rotatable bonds is 4. The number of nitrogens with zero attached hydrogens (tertiary/aromatic N) is 3. The van der Waals surface area contributed by atoms with Crippen LogP contribution in [0.15, 0.2) is 93.6 Å². The van der Waals surface area contributed by atoms with E-state index >= 15 is 0 Å². The fraction of sp³-hybridized carbons (Fsp3) is 0.0800. The normalized spacial score (nSPS) is 11.8. The Kier molecular flexibility index (Phi) is 5.13. The molecule has 2 aromatic carbocycles. The molecule has 0 radical (unpaired) electrons. The molecule has 0 bridgehead atoms. The number of fused-ring (bicyclic) bond motifs is 2. The fourth-order valence-corrected chi connectivity index (χ4v) is 5.32. The highest BCUT2D eigenvalue weighted by atomic mass is 32.2. The molecule has 0 amide bonds. The lowest BCUT2D eigenvalue weighted by molar-refractivity contribution is 0.590. The lowest BCUT2D eigenvalue weighted by Gasteiger charge is -2.15. The minimum absolute atomic E-state index is 0.0655. The molecule has 0 saturated heterocycles. The number of nitrogens with one attached hydrogen (secondary N) is 1. The van der Waals surface area contributed by atoms with Gasteiger partial charge < -0.3 is 4.57 Å². The van der Waals surface area contributed by atoms with Gasteiger partial charge in [-0.2, -0.15) is 0 Å². The van der Waals surface area contributed by atoms with Gasteiger partial charge in [-0.05, 0) is 54.4 Å². The van der Waals surface area contributed by atoms with Gasteiger partial charge in [-0.1, -0.05) is 36.4 Å². The summed E-state index contributed by atoms with van der Waals surface area (Å²) >= 11 is 0. The first-order chi connectivity index (χ1) is 16.3. The van der Waals surface area contributed by atoms with E-state index in [1.807, 2.05) is 43.3 Å². The monoisotopic (exact) mass is 474 g/mol. The van der Waals surface area contributed by atoms with Gasteiger partial charge in [-0.25, -0.2) is 17.8 Å². The molecular formula is C25H19FN4O3S. The molecule has 1 N–H and O–H groups in total. The largest absolute Gasteiger partial charge is 0.305 e. The van der Waals surface area contributed by atoms with Crippen molar-refractivity contribution in [1.82, 2.24) is 14.0 Å². The van der Waals surface area contributed by atoms with Crippen LogP contribution in [-0.4, -0.2) is 22.4 Å². The predicted octanol–water partition coefficient (Wildman–Crippen LogP) is 3.46. The lowest BCUT2D eigenvalue weighted by atomic mass is 10.2. The zero-order valence-electron chi connectivity index (χ0n) is 18.1. The van der Waals surface area contributed by atoms with Gasteiger partial charge in [0, 0.05) is 6.20 Å². The molecule has 0 aliphatic heterocycles. The van der Waals surface area contributed by atoms with Gasteiger partial charge in [-0.3, -0.25) is 14.6 Å². The van der Waals surface area contributed by atoms with Crippen LogP contribution in [0.5, 0.6) is 0 Å². The fourth-order valence-electron chi connectivity index (χ4n) is 3.94.